The molecule has 0 aliphatic carbocycles. The zero-order valence-corrected chi connectivity index (χ0v) is 14.9. The fourth-order valence-corrected chi connectivity index (χ4v) is 2.93. The number of aromatic hydroxyl groups is 1. The number of nitrogens with zero attached hydrogens (tertiary/aromatic N) is 1. The summed E-state index contributed by atoms with van der Waals surface area (Å²) in [6.45, 7) is 0.287. The summed E-state index contributed by atoms with van der Waals surface area (Å²) in [6.07, 6.45) is 1.63. The molecule has 0 atom stereocenters. The lowest BCUT2D eigenvalue weighted by Crippen LogP contribution is -2.30. The van der Waals surface area contributed by atoms with Gasteiger partial charge in [-0.25, -0.2) is 0 Å². The van der Waals surface area contributed by atoms with Crippen LogP contribution < -0.4 is 10.1 Å². The van der Waals surface area contributed by atoms with Crippen LogP contribution in [0.4, 0.5) is 0 Å². The predicted octanol–water partition coefficient (Wildman–Crippen LogP) is 3.31. The number of ether oxygens (including phenoxy) is 1. The minimum absolute atomic E-state index is 0.00204. The first kappa shape index (κ1) is 17.3. The first-order valence-corrected chi connectivity index (χ1v) is 8.23. The van der Waals surface area contributed by atoms with Crippen molar-refractivity contribution in [3.05, 3.63) is 64.3 Å². The number of benzene rings is 2. The van der Waals surface area contributed by atoms with E-state index in [1.807, 2.05) is 18.2 Å². The maximum absolute atomic E-state index is 12.6. The van der Waals surface area contributed by atoms with Crippen molar-refractivity contribution in [2.75, 3.05) is 7.11 Å². The monoisotopic (exact) mass is 374 g/mol. The Labute approximate surface area is 155 Å². The second kappa shape index (κ2) is 7.13. The third-order valence-electron chi connectivity index (χ3n) is 3.76. The van der Waals surface area contributed by atoms with Gasteiger partial charge in [0, 0.05) is 5.02 Å². The van der Waals surface area contributed by atoms with E-state index in [0.29, 0.717) is 27.1 Å². The average molecular weight is 375 g/mol. The Hall–Kier alpha value is -2.57. The van der Waals surface area contributed by atoms with Crippen LogP contribution in [0.5, 0.6) is 11.5 Å². The van der Waals surface area contributed by atoms with E-state index in [0.717, 1.165) is 5.56 Å². The van der Waals surface area contributed by atoms with Crippen molar-refractivity contribution >= 4 is 40.9 Å². The standard InChI is InChI=1S/C18H15ClN2O3S/c1-24-16-7-6-11(9-15(16)22)8-14-17(23)21(18(25)20-14)10-12-4-2-3-5-13(12)19/h2-9,22H,10H2,1H3,(H,20,25)/b14-8+. The first-order valence-electron chi connectivity index (χ1n) is 7.44. The van der Waals surface area contributed by atoms with E-state index in [-0.39, 0.29) is 18.2 Å². The number of carbonyl (C=O) groups excluding carboxylic acids is 1. The Bertz CT molecular complexity index is 882. The Balaban J connectivity index is 1.83. The van der Waals surface area contributed by atoms with Crippen molar-refractivity contribution in [3.63, 3.8) is 0 Å². The van der Waals surface area contributed by atoms with Crippen LogP contribution in [0.2, 0.25) is 5.02 Å². The van der Waals surface area contributed by atoms with Gasteiger partial charge in [-0.15, -0.1) is 0 Å². The highest BCUT2D eigenvalue weighted by Crippen LogP contribution is 2.28. The number of carbonyl (C=O) groups is 1. The third-order valence-corrected chi connectivity index (χ3v) is 4.45. The molecule has 1 aliphatic rings. The number of methoxy groups -OCH3 is 1. The average Bonchev–Trinajstić information content (AvgIpc) is 2.84. The molecule has 0 radical (unpaired) electrons. The number of halogens is 1. The number of hydrogen-bond donors (Lipinski definition) is 2. The summed E-state index contributed by atoms with van der Waals surface area (Å²) in [6, 6.07) is 12.2. The van der Waals surface area contributed by atoms with E-state index in [9.17, 15) is 9.90 Å². The molecule has 0 spiro atoms. The molecule has 0 unspecified atom stereocenters. The fraction of sp³-hybridized carbons (Fsp3) is 0.111. The highest BCUT2D eigenvalue weighted by Gasteiger charge is 2.31. The van der Waals surface area contributed by atoms with Gasteiger partial charge in [0.25, 0.3) is 5.91 Å². The van der Waals surface area contributed by atoms with Crippen LogP contribution in [0.1, 0.15) is 11.1 Å². The molecule has 1 saturated heterocycles. The van der Waals surface area contributed by atoms with Crippen LogP contribution in [-0.4, -0.2) is 28.1 Å². The molecule has 1 heterocycles. The largest absolute Gasteiger partial charge is 0.504 e. The lowest BCUT2D eigenvalue weighted by Gasteiger charge is -2.14. The summed E-state index contributed by atoms with van der Waals surface area (Å²) < 4.78 is 5.01. The van der Waals surface area contributed by atoms with Crippen LogP contribution in [0.15, 0.2) is 48.2 Å². The van der Waals surface area contributed by atoms with Crippen LogP contribution in [0, 0.1) is 0 Å². The van der Waals surface area contributed by atoms with Gasteiger partial charge in [0.15, 0.2) is 16.6 Å². The van der Waals surface area contributed by atoms with E-state index in [2.05, 4.69) is 5.32 Å². The van der Waals surface area contributed by atoms with Gasteiger partial charge < -0.3 is 15.2 Å². The minimum Gasteiger partial charge on any atom is -0.504 e. The molecule has 7 heteroatoms. The zero-order chi connectivity index (χ0) is 18.0. The summed E-state index contributed by atoms with van der Waals surface area (Å²) >= 11 is 11.4. The molecule has 5 nitrogen and oxygen atoms in total. The molecule has 0 saturated carbocycles. The molecule has 2 aromatic carbocycles. The summed E-state index contributed by atoms with van der Waals surface area (Å²) in [7, 11) is 1.47. The molecular formula is C18H15ClN2O3S. The summed E-state index contributed by atoms with van der Waals surface area (Å²) in [4.78, 5) is 14.1. The molecule has 2 N–H and O–H groups in total. The smallest absolute Gasteiger partial charge is 0.276 e. The maximum atomic E-state index is 12.6. The summed E-state index contributed by atoms with van der Waals surface area (Å²) in [5, 5.41) is 13.6. The van der Waals surface area contributed by atoms with Crippen LogP contribution >= 0.6 is 23.8 Å². The van der Waals surface area contributed by atoms with Gasteiger partial charge in [0.2, 0.25) is 0 Å². The summed E-state index contributed by atoms with van der Waals surface area (Å²) in [5.41, 5.74) is 1.79. The minimum atomic E-state index is -0.250. The number of phenols is 1. The Morgan fingerprint density at radius 1 is 1.32 bits per heavy atom. The van der Waals surface area contributed by atoms with E-state index in [1.54, 1.807) is 24.3 Å². The van der Waals surface area contributed by atoms with Crippen molar-refractivity contribution in [1.29, 1.82) is 0 Å². The third kappa shape index (κ3) is 3.60. The molecular weight excluding hydrogens is 360 g/mol. The number of phenolic OH excluding ortho intramolecular Hbond substituents is 1. The summed E-state index contributed by atoms with van der Waals surface area (Å²) in [5.74, 6) is 0.113. The van der Waals surface area contributed by atoms with Crippen molar-refractivity contribution in [2.45, 2.75) is 6.54 Å². The van der Waals surface area contributed by atoms with Gasteiger partial charge in [-0.05, 0) is 47.6 Å². The second-order valence-electron chi connectivity index (χ2n) is 5.40. The van der Waals surface area contributed by atoms with Gasteiger partial charge in [-0.2, -0.15) is 0 Å². The lowest BCUT2D eigenvalue weighted by molar-refractivity contribution is -0.122. The predicted molar refractivity (Wildman–Crippen MR) is 100 cm³/mol. The first-order chi connectivity index (χ1) is 12.0. The van der Waals surface area contributed by atoms with Gasteiger partial charge >= 0.3 is 0 Å². The van der Waals surface area contributed by atoms with E-state index < -0.39 is 0 Å². The van der Waals surface area contributed by atoms with Gasteiger partial charge in [0.1, 0.15) is 5.70 Å². The van der Waals surface area contributed by atoms with E-state index in [1.165, 1.54) is 18.1 Å². The zero-order valence-electron chi connectivity index (χ0n) is 13.3. The van der Waals surface area contributed by atoms with Crippen molar-refractivity contribution < 1.29 is 14.6 Å². The normalized spacial score (nSPS) is 15.6. The fourth-order valence-electron chi connectivity index (χ4n) is 2.48. The van der Waals surface area contributed by atoms with Gasteiger partial charge in [0.05, 0.1) is 13.7 Å². The van der Waals surface area contributed by atoms with Gasteiger partial charge in [-0.1, -0.05) is 35.9 Å². The number of nitrogens with one attached hydrogen (secondary N) is 1. The molecule has 1 amide bonds. The lowest BCUT2D eigenvalue weighted by atomic mass is 10.1. The Morgan fingerprint density at radius 3 is 2.76 bits per heavy atom. The second-order valence-corrected chi connectivity index (χ2v) is 6.20. The molecule has 1 fully saturated rings. The topological polar surface area (TPSA) is 61.8 Å². The molecule has 128 valence electrons. The molecule has 2 aromatic rings. The molecule has 1 aliphatic heterocycles. The Kier molecular flexibility index (Phi) is 4.92. The van der Waals surface area contributed by atoms with Crippen molar-refractivity contribution in [1.82, 2.24) is 10.2 Å². The highest BCUT2D eigenvalue weighted by atomic mass is 35.5. The van der Waals surface area contributed by atoms with Gasteiger partial charge in [-0.3, -0.25) is 9.69 Å². The molecule has 3 rings (SSSR count). The van der Waals surface area contributed by atoms with E-state index in [4.69, 9.17) is 28.6 Å². The Morgan fingerprint density at radius 2 is 2.08 bits per heavy atom. The van der Waals surface area contributed by atoms with Crippen LogP contribution in [0.3, 0.4) is 0 Å². The molecule has 0 aromatic heterocycles. The van der Waals surface area contributed by atoms with Crippen molar-refractivity contribution in [2.24, 2.45) is 0 Å². The number of amides is 1. The van der Waals surface area contributed by atoms with Crippen LogP contribution in [-0.2, 0) is 11.3 Å². The number of thiocarbonyl (C=S) groups is 1. The van der Waals surface area contributed by atoms with Crippen LogP contribution in [0.25, 0.3) is 6.08 Å². The maximum Gasteiger partial charge on any atom is 0.276 e. The number of rotatable bonds is 4. The van der Waals surface area contributed by atoms with E-state index >= 15 is 0 Å². The molecule has 0 bridgehead atoms. The SMILES string of the molecule is COc1ccc(/C=C2/NC(=S)N(Cc3ccccc3Cl)C2=O)cc1O. The van der Waals surface area contributed by atoms with Crippen molar-refractivity contribution in [3.8, 4) is 11.5 Å². The highest BCUT2D eigenvalue weighted by molar-refractivity contribution is 7.80. The quantitative estimate of drug-likeness (QED) is 0.635. The molecule has 25 heavy (non-hydrogen) atoms. The number of hydrogen-bond acceptors (Lipinski definition) is 4.